The molecule has 1 aromatic rings. The molecule has 0 saturated carbocycles. The minimum absolute atomic E-state index is 0.117. The monoisotopic (exact) mass is 194 g/mol. The molecule has 0 fully saturated rings. The summed E-state index contributed by atoms with van der Waals surface area (Å²) >= 11 is 0. The lowest BCUT2D eigenvalue weighted by Crippen LogP contribution is -2.32. The van der Waals surface area contributed by atoms with Crippen LogP contribution in [0, 0.1) is 0 Å². The van der Waals surface area contributed by atoms with Crippen molar-refractivity contribution in [1.29, 1.82) is 0 Å². The summed E-state index contributed by atoms with van der Waals surface area (Å²) in [6.07, 6.45) is 1.70. The van der Waals surface area contributed by atoms with E-state index >= 15 is 0 Å². The van der Waals surface area contributed by atoms with Crippen LogP contribution in [0.4, 0.5) is 0 Å². The van der Waals surface area contributed by atoms with Gasteiger partial charge in [0.05, 0.1) is 11.8 Å². The van der Waals surface area contributed by atoms with Crippen LogP contribution in [0.2, 0.25) is 0 Å². The molecule has 0 aliphatic rings. The summed E-state index contributed by atoms with van der Waals surface area (Å²) in [4.78, 5) is 15.0. The normalized spacial score (nSPS) is 11.9. The second-order valence-corrected chi connectivity index (χ2v) is 2.62. The van der Waals surface area contributed by atoms with E-state index < -0.39 is 12.1 Å². The van der Waals surface area contributed by atoms with E-state index in [-0.39, 0.29) is 11.3 Å². The van der Waals surface area contributed by atoms with E-state index in [2.05, 4.69) is 27.1 Å². The van der Waals surface area contributed by atoms with Gasteiger partial charge in [-0.2, -0.15) is 0 Å². The molecule has 1 heterocycles. The lowest BCUT2D eigenvalue weighted by molar-refractivity contribution is -0.118. The molecule has 6 heteroatoms. The Balaban J connectivity index is 2.72. The van der Waals surface area contributed by atoms with Gasteiger partial charge in [-0.1, -0.05) is 6.58 Å². The fourth-order valence-electron chi connectivity index (χ4n) is 0.779. The maximum Gasteiger partial charge on any atom is 0.254 e. The van der Waals surface area contributed by atoms with Crippen LogP contribution in [0.25, 0.3) is 5.57 Å². The molecule has 1 aromatic heterocycles. The van der Waals surface area contributed by atoms with Crippen LogP contribution in [0.1, 0.15) is 12.6 Å². The van der Waals surface area contributed by atoms with E-state index in [1.165, 1.54) is 19.4 Å². The van der Waals surface area contributed by atoms with Crippen molar-refractivity contribution in [3.8, 4) is 0 Å². The maximum atomic E-state index is 11.3. The van der Waals surface area contributed by atoms with Crippen molar-refractivity contribution >= 4 is 11.5 Å². The summed E-state index contributed by atoms with van der Waals surface area (Å²) in [6, 6.07) is 0. The molecule has 14 heavy (non-hydrogen) atoms. The highest BCUT2D eigenvalue weighted by molar-refractivity contribution is 6.17. The van der Waals surface area contributed by atoms with Crippen LogP contribution in [-0.2, 0) is 4.79 Å². The number of hydrogen-bond acceptors (Lipinski definition) is 5. The fraction of sp³-hybridized carbons (Fsp3) is 0.250. The molecule has 0 aromatic carbocycles. The minimum atomic E-state index is -0.927. The lowest BCUT2D eigenvalue weighted by atomic mass is 10.2. The van der Waals surface area contributed by atoms with Gasteiger partial charge in [-0.25, -0.2) is 4.98 Å². The molecule has 6 nitrogen and oxygen atoms in total. The zero-order valence-electron chi connectivity index (χ0n) is 7.64. The van der Waals surface area contributed by atoms with Crippen LogP contribution < -0.4 is 5.32 Å². The second kappa shape index (κ2) is 4.43. The Hall–Kier alpha value is -1.82. The van der Waals surface area contributed by atoms with Crippen molar-refractivity contribution in [2.24, 2.45) is 0 Å². The molecule has 74 valence electrons. The van der Waals surface area contributed by atoms with Crippen LogP contribution in [-0.4, -0.2) is 32.4 Å². The van der Waals surface area contributed by atoms with E-state index in [1.54, 1.807) is 0 Å². The highest BCUT2D eigenvalue weighted by atomic mass is 16.3. The summed E-state index contributed by atoms with van der Waals surface area (Å²) in [7, 11) is 0. The molecular formula is C8H10N4O2. The Bertz CT molecular complexity index is 336. The number of carbonyl (C=O) groups excluding carboxylic acids is 1. The average Bonchev–Trinajstić information content (AvgIpc) is 2.17. The Morgan fingerprint density at radius 1 is 1.71 bits per heavy atom. The van der Waals surface area contributed by atoms with Gasteiger partial charge in [0, 0.05) is 0 Å². The fourth-order valence-corrected chi connectivity index (χ4v) is 0.779. The third kappa shape index (κ3) is 2.60. The van der Waals surface area contributed by atoms with Gasteiger partial charge in [0.2, 0.25) is 0 Å². The highest BCUT2D eigenvalue weighted by Crippen LogP contribution is 2.05. The van der Waals surface area contributed by atoms with Crippen LogP contribution >= 0.6 is 0 Å². The number of aromatic nitrogens is 3. The van der Waals surface area contributed by atoms with Gasteiger partial charge in [0.25, 0.3) is 5.91 Å². The first-order chi connectivity index (χ1) is 6.61. The molecule has 0 aliphatic carbocycles. The molecule has 2 N–H and O–H groups in total. The number of hydrogen-bond donors (Lipinski definition) is 2. The van der Waals surface area contributed by atoms with Gasteiger partial charge in [0.1, 0.15) is 18.2 Å². The standard InChI is InChI=1S/C8H10N4O2/c1-5(8(14)11-6(2)13)7-3-9-4-10-12-7/h3-4,6,13H,1H2,2H3,(H,11,14). The second-order valence-electron chi connectivity index (χ2n) is 2.62. The van der Waals surface area contributed by atoms with Crippen molar-refractivity contribution in [1.82, 2.24) is 20.5 Å². The van der Waals surface area contributed by atoms with Gasteiger partial charge < -0.3 is 10.4 Å². The number of rotatable bonds is 3. The molecule has 0 spiro atoms. The zero-order valence-corrected chi connectivity index (χ0v) is 7.64. The van der Waals surface area contributed by atoms with E-state index in [4.69, 9.17) is 5.11 Å². The zero-order chi connectivity index (χ0) is 10.6. The van der Waals surface area contributed by atoms with Crippen LogP contribution in [0.5, 0.6) is 0 Å². The molecule has 0 aliphatic heterocycles. The van der Waals surface area contributed by atoms with Crippen molar-refractivity contribution in [3.05, 3.63) is 24.8 Å². The topological polar surface area (TPSA) is 88.0 Å². The largest absolute Gasteiger partial charge is 0.374 e. The Kier molecular flexibility index (Phi) is 3.24. The number of carbonyl (C=O) groups is 1. The summed E-state index contributed by atoms with van der Waals surface area (Å²) < 4.78 is 0. The van der Waals surface area contributed by atoms with E-state index in [1.807, 2.05) is 0 Å². The SMILES string of the molecule is C=C(C(=O)NC(C)O)c1cncnn1. The number of amides is 1. The van der Waals surface area contributed by atoms with Gasteiger partial charge in [0.15, 0.2) is 0 Å². The minimum Gasteiger partial charge on any atom is -0.374 e. The van der Waals surface area contributed by atoms with E-state index in [0.717, 1.165) is 0 Å². The summed E-state index contributed by atoms with van der Waals surface area (Å²) in [6.45, 7) is 4.94. The number of nitrogens with one attached hydrogen (secondary N) is 1. The first-order valence-electron chi connectivity index (χ1n) is 3.92. The van der Waals surface area contributed by atoms with Crippen molar-refractivity contribution < 1.29 is 9.90 Å². The molecule has 1 rings (SSSR count). The summed E-state index contributed by atoms with van der Waals surface area (Å²) in [5.74, 6) is -0.498. The molecule has 0 bridgehead atoms. The lowest BCUT2D eigenvalue weighted by Gasteiger charge is -2.07. The number of aliphatic hydroxyl groups is 1. The smallest absolute Gasteiger partial charge is 0.254 e. The molecule has 1 amide bonds. The van der Waals surface area contributed by atoms with Gasteiger partial charge in [-0.3, -0.25) is 4.79 Å². The van der Waals surface area contributed by atoms with E-state index in [9.17, 15) is 4.79 Å². The molecule has 0 radical (unpaired) electrons. The van der Waals surface area contributed by atoms with Gasteiger partial charge in [-0.15, -0.1) is 10.2 Å². The molecule has 1 unspecified atom stereocenters. The third-order valence-electron chi connectivity index (χ3n) is 1.40. The highest BCUT2D eigenvalue weighted by Gasteiger charge is 2.12. The predicted molar refractivity (Wildman–Crippen MR) is 48.7 cm³/mol. The summed E-state index contributed by atoms with van der Waals surface area (Å²) in [5, 5.41) is 18.3. The van der Waals surface area contributed by atoms with E-state index in [0.29, 0.717) is 0 Å². The summed E-state index contributed by atoms with van der Waals surface area (Å²) in [5.41, 5.74) is 0.400. The van der Waals surface area contributed by atoms with Gasteiger partial charge in [-0.05, 0) is 6.92 Å². The molecule has 1 atom stereocenters. The third-order valence-corrected chi connectivity index (χ3v) is 1.40. The van der Waals surface area contributed by atoms with Crippen molar-refractivity contribution in [2.75, 3.05) is 0 Å². The number of aliphatic hydroxyl groups excluding tert-OH is 1. The number of nitrogens with zero attached hydrogens (tertiary/aromatic N) is 3. The quantitative estimate of drug-likeness (QED) is 0.492. The predicted octanol–water partition coefficient (Wildman–Crippen LogP) is -0.661. The molecular weight excluding hydrogens is 184 g/mol. The van der Waals surface area contributed by atoms with Gasteiger partial charge >= 0.3 is 0 Å². The van der Waals surface area contributed by atoms with Crippen molar-refractivity contribution in [3.63, 3.8) is 0 Å². The van der Waals surface area contributed by atoms with Crippen LogP contribution in [0.15, 0.2) is 19.1 Å². The molecule has 0 saturated heterocycles. The first kappa shape index (κ1) is 10.3. The van der Waals surface area contributed by atoms with Crippen molar-refractivity contribution in [2.45, 2.75) is 13.2 Å². The van der Waals surface area contributed by atoms with Crippen LogP contribution in [0.3, 0.4) is 0 Å². The Morgan fingerprint density at radius 3 is 2.93 bits per heavy atom. The Morgan fingerprint density at radius 2 is 2.43 bits per heavy atom. The average molecular weight is 194 g/mol. The Labute approximate surface area is 80.7 Å². The first-order valence-corrected chi connectivity index (χ1v) is 3.92. The maximum absolute atomic E-state index is 11.3.